The summed E-state index contributed by atoms with van der Waals surface area (Å²) in [7, 11) is 3.91. The number of methoxy groups -OCH3 is 3. The van der Waals surface area contributed by atoms with E-state index in [0.29, 0.717) is 27.2 Å². The fourth-order valence-electron chi connectivity index (χ4n) is 4.59. The normalized spacial score (nSPS) is 13.4. The van der Waals surface area contributed by atoms with E-state index in [1.54, 1.807) is 36.4 Å². The zero-order valence-corrected chi connectivity index (χ0v) is 23.6. The van der Waals surface area contributed by atoms with Crippen LogP contribution in [0.25, 0.3) is 16.9 Å². The van der Waals surface area contributed by atoms with Crippen LogP contribution in [0.4, 0.5) is 0 Å². The summed E-state index contributed by atoms with van der Waals surface area (Å²) in [5, 5.41) is 7.64. The number of nitrogens with one attached hydrogen (secondary N) is 1. The number of nitrogens with zero attached hydrogens (tertiary/aromatic N) is 2. The smallest absolute Gasteiger partial charge is 0.357 e. The Kier molecular flexibility index (Phi) is 9.23. The van der Waals surface area contributed by atoms with Crippen LogP contribution in [0, 0.1) is 0 Å². The summed E-state index contributed by atoms with van der Waals surface area (Å²) < 4.78 is 23.2. The number of rotatable bonds is 9. The van der Waals surface area contributed by atoms with Crippen molar-refractivity contribution in [1.29, 1.82) is 0 Å². The average molecular weight is 600 g/mol. The van der Waals surface area contributed by atoms with Crippen LogP contribution >= 0.6 is 15.9 Å². The van der Waals surface area contributed by atoms with Gasteiger partial charge in [-0.25, -0.2) is 14.3 Å². The Morgan fingerprint density at radius 2 is 1.67 bits per heavy atom. The Hall–Kier alpha value is -3.86. The number of ether oxygens (including phenoxy) is 4. The molecule has 0 unspecified atom stereocenters. The minimum atomic E-state index is -0.766. The molecule has 1 aliphatic carbocycles. The predicted molar refractivity (Wildman–Crippen MR) is 146 cm³/mol. The molecule has 2 aromatic carbocycles. The fraction of sp³-hybridized carbons (Fsp3) is 0.357. The van der Waals surface area contributed by atoms with E-state index in [4.69, 9.17) is 18.9 Å². The molecule has 39 heavy (non-hydrogen) atoms. The molecular weight excluding hydrogens is 570 g/mol. The highest BCUT2D eigenvalue weighted by Crippen LogP contribution is 2.40. The van der Waals surface area contributed by atoms with Crippen LogP contribution in [0.2, 0.25) is 0 Å². The van der Waals surface area contributed by atoms with Crippen molar-refractivity contribution in [2.45, 2.75) is 38.1 Å². The Morgan fingerprint density at radius 1 is 0.974 bits per heavy atom. The summed E-state index contributed by atoms with van der Waals surface area (Å²) in [5.74, 6) is -1.10. The molecule has 0 aliphatic heterocycles. The number of esters is 2. The first-order chi connectivity index (χ1) is 18.9. The van der Waals surface area contributed by atoms with Gasteiger partial charge in [0.25, 0.3) is 5.91 Å². The number of hydrogen-bond donors (Lipinski definition) is 1. The number of hydrogen-bond acceptors (Lipinski definition) is 8. The monoisotopic (exact) mass is 599 g/mol. The van der Waals surface area contributed by atoms with Crippen molar-refractivity contribution in [3.63, 3.8) is 0 Å². The predicted octanol–water partition coefficient (Wildman–Crippen LogP) is 4.71. The Labute approximate surface area is 234 Å². The quantitative estimate of drug-likeness (QED) is 0.351. The van der Waals surface area contributed by atoms with Gasteiger partial charge < -0.3 is 24.3 Å². The Morgan fingerprint density at radius 3 is 2.31 bits per heavy atom. The van der Waals surface area contributed by atoms with E-state index in [1.807, 2.05) is 6.07 Å². The topological polar surface area (TPSA) is 118 Å². The number of aromatic nitrogens is 2. The van der Waals surface area contributed by atoms with Crippen molar-refractivity contribution in [2.24, 2.45) is 0 Å². The van der Waals surface area contributed by atoms with E-state index < -0.39 is 11.9 Å². The number of carbonyl (C=O) groups excluding carboxylic acids is 3. The molecule has 206 valence electrons. The van der Waals surface area contributed by atoms with E-state index >= 15 is 0 Å². The van der Waals surface area contributed by atoms with E-state index in [-0.39, 0.29) is 35.5 Å². The van der Waals surface area contributed by atoms with Crippen LogP contribution in [0.3, 0.4) is 0 Å². The maximum atomic E-state index is 13.0. The molecular formula is C28H30BrN3O7. The molecule has 10 nitrogen and oxygen atoms in total. The molecule has 1 aliphatic rings. The van der Waals surface area contributed by atoms with Crippen molar-refractivity contribution < 1.29 is 33.3 Å². The molecule has 1 N–H and O–H groups in total. The number of carbonyl (C=O) groups is 3. The maximum absolute atomic E-state index is 13.0. The Bertz CT molecular complexity index is 1350. The van der Waals surface area contributed by atoms with Gasteiger partial charge in [0.15, 0.2) is 23.8 Å². The first-order valence-corrected chi connectivity index (χ1v) is 13.3. The van der Waals surface area contributed by atoms with Crippen molar-refractivity contribution in [3.05, 3.63) is 58.2 Å². The third-order valence-corrected chi connectivity index (χ3v) is 7.15. The van der Waals surface area contributed by atoms with Crippen LogP contribution in [-0.4, -0.2) is 61.6 Å². The van der Waals surface area contributed by atoms with Crippen LogP contribution in [0.15, 0.2) is 46.9 Å². The van der Waals surface area contributed by atoms with Gasteiger partial charge in [0, 0.05) is 16.1 Å². The lowest BCUT2D eigenvalue weighted by Gasteiger charge is -2.22. The van der Waals surface area contributed by atoms with Gasteiger partial charge in [-0.05, 0) is 53.0 Å². The second-order valence-corrected chi connectivity index (χ2v) is 9.83. The first kappa shape index (κ1) is 28.2. The molecule has 0 saturated heterocycles. The molecule has 1 heterocycles. The lowest BCUT2D eigenvalue weighted by atomic mass is 9.95. The zero-order valence-electron chi connectivity index (χ0n) is 22.0. The summed E-state index contributed by atoms with van der Waals surface area (Å²) in [4.78, 5) is 38.3. The first-order valence-electron chi connectivity index (χ1n) is 12.5. The molecule has 3 aromatic rings. The molecule has 0 spiro atoms. The molecule has 4 rings (SSSR count). The average Bonchev–Trinajstić information content (AvgIpc) is 3.36. The summed E-state index contributed by atoms with van der Waals surface area (Å²) in [6.45, 7) is -0.179. The van der Waals surface area contributed by atoms with Gasteiger partial charge in [-0.2, -0.15) is 5.10 Å². The van der Waals surface area contributed by atoms with Gasteiger partial charge in [-0.3, -0.25) is 4.79 Å². The second-order valence-electron chi connectivity index (χ2n) is 8.98. The number of amides is 1. The molecule has 1 fully saturated rings. The number of para-hydroxylation sites is 1. The standard InChI is InChI=1S/C28H30BrN3O7/c1-36-21-14-19(20(29)15-22(21)39-16-23(33)30-17-10-6-4-7-11-17)25-24(27(34)37-2)26(28(35)38-3)32(31-25)18-12-8-5-9-13-18/h5,8-9,12-15,17H,4,6-7,10-11,16H2,1-3H3,(H,30,33). The van der Waals surface area contributed by atoms with E-state index in [2.05, 4.69) is 26.3 Å². The summed E-state index contributed by atoms with van der Waals surface area (Å²) in [6.07, 6.45) is 5.36. The van der Waals surface area contributed by atoms with E-state index in [1.165, 1.54) is 32.4 Å². The molecule has 0 atom stereocenters. The third kappa shape index (κ3) is 6.25. The number of halogens is 1. The van der Waals surface area contributed by atoms with Gasteiger partial charge in [0.05, 0.1) is 27.0 Å². The lowest BCUT2D eigenvalue weighted by molar-refractivity contribution is -0.124. The molecule has 0 bridgehead atoms. The SMILES string of the molecule is COC(=O)c1c(-c2cc(OC)c(OCC(=O)NC3CCCCC3)cc2Br)nn(-c2ccccc2)c1C(=O)OC. The van der Waals surface area contributed by atoms with Gasteiger partial charge in [0.1, 0.15) is 11.3 Å². The summed E-state index contributed by atoms with van der Waals surface area (Å²) >= 11 is 3.53. The maximum Gasteiger partial charge on any atom is 0.357 e. The fourth-order valence-corrected chi connectivity index (χ4v) is 5.10. The molecule has 1 saturated carbocycles. The van der Waals surface area contributed by atoms with Crippen LogP contribution in [0.5, 0.6) is 11.5 Å². The summed E-state index contributed by atoms with van der Waals surface area (Å²) in [5.41, 5.74) is 0.984. The van der Waals surface area contributed by atoms with Crippen LogP contribution in [0.1, 0.15) is 53.0 Å². The molecule has 1 amide bonds. The van der Waals surface area contributed by atoms with Gasteiger partial charge >= 0.3 is 11.9 Å². The highest BCUT2D eigenvalue weighted by Gasteiger charge is 2.32. The van der Waals surface area contributed by atoms with Crippen molar-refractivity contribution in [1.82, 2.24) is 15.1 Å². The highest BCUT2D eigenvalue weighted by atomic mass is 79.9. The van der Waals surface area contributed by atoms with E-state index in [0.717, 1.165) is 25.7 Å². The Balaban J connectivity index is 1.72. The minimum absolute atomic E-state index is 0.0727. The van der Waals surface area contributed by atoms with E-state index in [9.17, 15) is 14.4 Å². The van der Waals surface area contributed by atoms with Crippen LogP contribution in [-0.2, 0) is 14.3 Å². The second kappa shape index (κ2) is 12.8. The van der Waals surface area contributed by atoms with Crippen molar-refractivity contribution in [2.75, 3.05) is 27.9 Å². The van der Waals surface area contributed by atoms with Crippen molar-refractivity contribution in [3.8, 4) is 28.4 Å². The molecule has 1 aromatic heterocycles. The van der Waals surface area contributed by atoms with Gasteiger partial charge in [0.2, 0.25) is 0 Å². The largest absolute Gasteiger partial charge is 0.493 e. The van der Waals surface area contributed by atoms with Gasteiger partial charge in [-0.1, -0.05) is 37.5 Å². The van der Waals surface area contributed by atoms with Crippen molar-refractivity contribution >= 4 is 33.8 Å². The zero-order chi connectivity index (χ0) is 27.9. The lowest BCUT2D eigenvalue weighted by Crippen LogP contribution is -2.39. The highest BCUT2D eigenvalue weighted by molar-refractivity contribution is 9.10. The number of benzene rings is 2. The van der Waals surface area contributed by atoms with Gasteiger partial charge in [-0.15, -0.1) is 0 Å². The van der Waals surface area contributed by atoms with Crippen LogP contribution < -0.4 is 14.8 Å². The summed E-state index contributed by atoms with van der Waals surface area (Å²) in [6, 6.07) is 12.3. The minimum Gasteiger partial charge on any atom is -0.493 e. The molecule has 0 radical (unpaired) electrons. The third-order valence-electron chi connectivity index (χ3n) is 6.49. The molecule has 11 heteroatoms.